The Morgan fingerprint density at radius 3 is 2.48 bits per heavy atom. The van der Waals surface area contributed by atoms with E-state index in [1.54, 1.807) is 24.5 Å². The largest absolute Gasteiger partial charge is 0.387 e. The van der Waals surface area contributed by atoms with Gasteiger partial charge in [-0.1, -0.05) is 0 Å². The van der Waals surface area contributed by atoms with E-state index in [4.69, 9.17) is 0 Å². The summed E-state index contributed by atoms with van der Waals surface area (Å²) in [6.45, 7) is 1.15. The Kier molecular flexibility index (Phi) is 5.36. The van der Waals surface area contributed by atoms with Gasteiger partial charge in [0.2, 0.25) is 0 Å². The van der Waals surface area contributed by atoms with Gasteiger partial charge in [-0.05, 0) is 48.4 Å². The second-order valence-electron chi connectivity index (χ2n) is 4.67. The molecule has 1 aromatic carbocycles. The molecule has 2 aromatic rings. The molecule has 2 rings (SSSR count). The van der Waals surface area contributed by atoms with Crippen LogP contribution in [0.4, 0.5) is 5.69 Å². The highest BCUT2D eigenvalue weighted by Crippen LogP contribution is 2.17. The lowest BCUT2D eigenvalue weighted by atomic mass is 10.1. The van der Waals surface area contributed by atoms with Gasteiger partial charge in [-0.3, -0.25) is 15.1 Å². The third-order valence-corrected chi connectivity index (χ3v) is 3.17. The SMILES string of the molecule is O=[N+]([O-])c1ccc(C(O)CNCCc2ccncc2)cc1. The normalized spacial score (nSPS) is 12.0. The summed E-state index contributed by atoms with van der Waals surface area (Å²) in [6.07, 6.45) is 3.68. The van der Waals surface area contributed by atoms with E-state index in [1.165, 1.54) is 17.7 Å². The molecule has 0 bridgehead atoms. The van der Waals surface area contributed by atoms with Crippen LogP contribution in [0.5, 0.6) is 0 Å². The van der Waals surface area contributed by atoms with Crippen molar-refractivity contribution in [2.45, 2.75) is 12.5 Å². The van der Waals surface area contributed by atoms with Crippen molar-refractivity contribution in [3.8, 4) is 0 Å². The number of aromatic nitrogens is 1. The fraction of sp³-hybridized carbons (Fsp3) is 0.267. The predicted octanol–water partition coefficient (Wildman–Crippen LogP) is 1.86. The van der Waals surface area contributed by atoms with E-state index < -0.39 is 11.0 Å². The molecule has 0 fully saturated rings. The number of hydrogen-bond donors (Lipinski definition) is 2. The topological polar surface area (TPSA) is 88.3 Å². The van der Waals surface area contributed by atoms with Crippen LogP contribution < -0.4 is 5.32 Å². The number of nitro groups is 1. The summed E-state index contributed by atoms with van der Waals surface area (Å²) in [5.41, 5.74) is 1.87. The number of hydrogen-bond acceptors (Lipinski definition) is 5. The molecule has 0 aliphatic carbocycles. The fourth-order valence-electron chi connectivity index (χ4n) is 1.96. The molecule has 0 radical (unpaired) electrons. The number of nitrogens with one attached hydrogen (secondary N) is 1. The lowest BCUT2D eigenvalue weighted by Gasteiger charge is -2.12. The third kappa shape index (κ3) is 4.62. The zero-order chi connectivity index (χ0) is 15.1. The molecule has 2 N–H and O–H groups in total. The maximum absolute atomic E-state index is 10.6. The highest BCUT2D eigenvalue weighted by molar-refractivity contribution is 5.33. The van der Waals surface area contributed by atoms with Crippen LogP contribution >= 0.6 is 0 Å². The van der Waals surface area contributed by atoms with Crippen molar-refractivity contribution < 1.29 is 10.0 Å². The second-order valence-corrected chi connectivity index (χ2v) is 4.67. The summed E-state index contributed by atoms with van der Waals surface area (Å²) in [6, 6.07) is 9.86. The first-order valence-corrected chi connectivity index (χ1v) is 6.69. The molecule has 0 saturated heterocycles. The van der Waals surface area contributed by atoms with Crippen molar-refractivity contribution in [3.63, 3.8) is 0 Å². The van der Waals surface area contributed by atoms with Gasteiger partial charge in [0.15, 0.2) is 0 Å². The molecule has 0 saturated carbocycles. The van der Waals surface area contributed by atoms with Crippen molar-refractivity contribution in [1.29, 1.82) is 0 Å². The maximum atomic E-state index is 10.6. The van der Waals surface area contributed by atoms with Gasteiger partial charge in [0.05, 0.1) is 11.0 Å². The van der Waals surface area contributed by atoms with Crippen molar-refractivity contribution >= 4 is 5.69 Å². The van der Waals surface area contributed by atoms with Gasteiger partial charge >= 0.3 is 0 Å². The van der Waals surface area contributed by atoms with E-state index in [9.17, 15) is 15.2 Å². The van der Waals surface area contributed by atoms with Crippen molar-refractivity contribution in [2.24, 2.45) is 0 Å². The van der Waals surface area contributed by atoms with Crippen LogP contribution in [0.25, 0.3) is 0 Å². The van der Waals surface area contributed by atoms with E-state index in [2.05, 4.69) is 10.3 Å². The van der Waals surface area contributed by atoms with Crippen LogP contribution in [0.3, 0.4) is 0 Å². The minimum atomic E-state index is -0.678. The molecule has 1 unspecified atom stereocenters. The number of benzene rings is 1. The van der Waals surface area contributed by atoms with E-state index in [1.807, 2.05) is 12.1 Å². The minimum absolute atomic E-state index is 0.0246. The number of nitrogens with zero attached hydrogens (tertiary/aromatic N) is 2. The summed E-state index contributed by atoms with van der Waals surface area (Å²) in [5, 5.41) is 23.7. The van der Waals surface area contributed by atoms with Crippen LogP contribution in [0, 0.1) is 10.1 Å². The zero-order valence-corrected chi connectivity index (χ0v) is 11.5. The Labute approximate surface area is 122 Å². The van der Waals surface area contributed by atoms with E-state index >= 15 is 0 Å². The molecule has 1 aromatic heterocycles. The maximum Gasteiger partial charge on any atom is 0.269 e. The Morgan fingerprint density at radius 1 is 1.19 bits per heavy atom. The van der Waals surface area contributed by atoms with Crippen molar-refractivity contribution in [3.05, 3.63) is 70.0 Å². The average Bonchev–Trinajstić information content (AvgIpc) is 2.52. The Hall–Kier alpha value is -2.31. The first kappa shape index (κ1) is 15.1. The molecule has 0 aliphatic rings. The molecule has 110 valence electrons. The van der Waals surface area contributed by atoms with Gasteiger partial charge in [0.1, 0.15) is 0 Å². The summed E-state index contributed by atoms with van der Waals surface area (Å²) in [5.74, 6) is 0. The molecule has 6 heteroatoms. The van der Waals surface area contributed by atoms with E-state index in [-0.39, 0.29) is 5.69 Å². The molecule has 21 heavy (non-hydrogen) atoms. The number of pyridine rings is 1. The fourth-order valence-corrected chi connectivity index (χ4v) is 1.96. The summed E-state index contributed by atoms with van der Waals surface area (Å²) in [4.78, 5) is 14.1. The third-order valence-electron chi connectivity index (χ3n) is 3.17. The van der Waals surface area contributed by atoms with Gasteiger partial charge in [0, 0.05) is 31.1 Å². The molecule has 0 aliphatic heterocycles. The summed E-state index contributed by atoms with van der Waals surface area (Å²) in [7, 11) is 0. The van der Waals surface area contributed by atoms with Gasteiger partial charge in [-0.25, -0.2) is 0 Å². The predicted molar refractivity (Wildman–Crippen MR) is 78.9 cm³/mol. The van der Waals surface area contributed by atoms with E-state index in [0.717, 1.165) is 13.0 Å². The number of non-ortho nitro benzene ring substituents is 1. The summed E-state index contributed by atoms with van der Waals surface area (Å²) < 4.78 is 0. The monoisotopic (exact) mass is 287 g/mol. The standard InChI is InChI=1S/C15H17N3O3/c19-15(13-1-3-14(4-2-13)18(20)21)11-17-10-7-12-5-8-16-9-6-12/h1-6,8-9,15,17,19H,7,10-11H2. The molecule has 1 heterocycles. The molecular formula is C15H17N3O3. The van der Waals surface area contributed by atoms with Crippen LogP contribution in [-0.2, 0) is 6.42 Å². The number of nitro benzene ring substituents is 1. The first-order valence-electron chi connectivity index (χ1n) is 6.69. The minimum Gasteiger partial charge on any atom is -0.387 e. The van der Waals surface area contributed by atoms with Gasteiger partial charge in [-0.15, -0.1) is 0 Å². The first-order chi connectivity index (χ1) is 10.2. The van der Waals surface area contributed by atoms with Gasteiger partial charge < -0.3 is 10.4 Å². The number of aliphatic hydroxyl groups is 1. The second kappa shape index (κ2) is 7.47. The quantitative estimate of drug-likeness (QED) is 0.461. The summed E-state index contributed by atoms with van der Waals surface area (Å²) >= 11 is 0. The lowest BCUT2D eigenvalue weighted by Crippen LogP contribution is -2.23. The molecule has 0 amide bonds. The molecular weight excluding hydrogens is 270 g/mol. The van der Waals surface area contributed by atoms with Gasteiger partial charge in [0.25, 0.3) is 5.69 Å². The Bertz CT molecular complexity index is 572. The van der Waals surface area contributed by atoms with Crippen LogP contribution in [-0.4, -0.2) is 28.1 Å². The number of aliphatic hydroxyl groups excluding tert-OH is 1. The Balaban J connectivity index is 1.76. The number of rotatable bonds is 7. The zero-order valence-electron chi connectivity index (χ0n) is 11.5. The highest BCUT2D eigenvalue weighted by atomic mass is 16.6. The van der Waals surface area contributed by atoms with Crippen LogP contribution in [0.15, 0.2) is 48.8 Å². The van der Waals surface area contributed by atoms with E-state index in [0.29, 0.717) is 12.1 Å². The Morgan fingerprint density at radius 2 is 1.86 bits per heavy atom. The van der Waals surface area contributed by atoms with Crippen molar-refractivity contribution in [2.75, 3.05) is 13.1 Å². The molecule has 0 spiro atoms. The molecule has 1 atom stereocenters. The van der Waals surface area contributed by atoms with Gasteiger partial charge in [-0.2, -0.15) is 0 Å². The lowest BCUT2D eigenvalue weighted by molar-refractivity contribution is -0.384. The van der Waals surface area contributed by atoms with Crippen LogP contribution in [0.1, 0.15) is 17.2 Å². The smallest absolute Gasteiger partial charge is 0.269 e. The van der Waals surface area contributed by atoms with Crippen molar-refractivity contribution in [1.82, 2.24) is 10.3 Å². The highest BCUT2D eigenvalue weighted by Gasteiger charge is 2.09. The van der Waals surface area contributed by atoms with Crippen LogP contribution in [0.2, 0.25) is 0 Å². The average molecular weight is 287 g/mol. The molecule has 6 nitrogen and oxygen atoms in total.